The maximum absolute atomic E-state index is 6.75. The van der Waals surface area contributed by atoms with Crippen LogP contribution in [0.2, 0.25) is 0 Å². The number of para-hydroxylation sites is 1. The van der Waals surface area contributed by atoms with E-state index in [0.29, 0.717) is 0 Å². The lowest BCUT2D eigenvalue weighted by Gasteiger charge is -2.42. The SMILES string of the molecule is C1=CC2=C(c3cccc(-c4ccc(-c5cccc6c5C(c5ccccc5)(c5ccccc5)c5ccccc5O6)cc4)c3)NC(c3ccccc3)NC2C=C1. The molecule has 0 aromatic heterocycles. The van der Waals surface area contributed by atoms with Crippen LogP contribution >= 0.6 is 0 Å². The van der Waals surface area contributed by atoms with Gasteiger partial charge in [0.05, 0.1) is 11.5 Å². The van der Waals surface area contributed by atoms with Gasteiger partial charge in [0, 0.05) is 16.8 Å². The van der Waals surface area contributed by atoms with E-state index in [4.69, 9.17) is 4.74 Å². The molecule has 7 aromatic rings. The lowest BCUT2D eigenvalue weighted by molar-refractivity contribution is 0.435. The van der Waals surface area contributed by atoms with Crippen LogP contribution in [0.15, 0.2) is 212 Å². The van der Waals surface area contributed by atoms with Crippen molar-refractivity contribution in [3.63, 3.8) is 0 Å². The second-order valence-corrected chi connectivity index (χ2v) is 14.1. The van der Waals surface area contributed by atoms with Gasteiger partial charge < -0.3 is 10.1 Å². The normalized spacial score (nSPS) is 17.8. The first-order chi connectivity index (χ1) is 26.8. The summed E-state index contributed by atoms with van der Waals surface area (Å²) >= 11 is 0. The van der Waals surface area contributed by atoms with Crippen LogP contribution < -0.4 is 15.4 Å². The van der Waals surface area contributed by atoms with Crippen molar-refractivity contribution < 1.29 is 4.74 Å². The first kappa shape index (κ1) is 32.0. The molecule has 2 heterocycles. The minimum absolute atomic E-state index is 0.000627. The summed E-state index contributed by atoms with van der Waals surface area (Å²) in [6.07, 6.45) is 8.71. The topological polar surface area (TPSA) is 33.3 Å². The Hall–Kier alpha value is -6.68. The van der Waals surface area contributed by atoms with Gasteiger partial charge in [0.25, 0.3) is 0 Å². The Morgan fingerprint density at radius 2 is 1.13 bits per heavy atom. The van der Waals surface area contributed by atoms with Gasteiger partial charge in [-0.25, -0.2) is 0 Å². The fourth-order valence-electron chi connectivity index (χ4n) is 8.65. The fraction of sp³-hybridized carbons (Fsp3) is 0.0588. The summed E-state index contributed by atoms with van der Waals surface area (Å²) in [6, 6.07) is 65.4. The zero-order valence-corrected chi connectivity index (χ0v) is 29.7. The van der Waals surface area contributed by atoms with E-state index in [0.717, 1.165) is 39.4 Å². The molecule has 0 spiro atoms. The Bertz CT molecular complexity index is 2530. The smallest absolute Gasteiger partial charge is 0.132 e. The van der Waals surface area contributed by atoms with Crippen LogP contribution in [0.3, 0.4) is 0 Å². The van der Waals surface area contributed by atoms with E-state index in [1.54, 1.807) is 0 Å². The molecule has 3 nitrogen and oxygen atoms in total. The summed E-state index contributed by atoms with van der Waals surface area (Å²) in [5.41, 5.74) is 13.5. The Morgan fingerprint density at radius 1 is 0.500 bits per heavy atom. The molecule has 0 saturated heterocycles. The summed E-state index contributed by atoms with van der Waals surface area (Å²) in [4.78, 5) is 0. The van der Waals surface area contributed by atoms with E-state index in [1.165, 1.54) is 39.0 Å². The number of ether oxygens (including phenoxy) is 1. The van der Waals surface area contributed by atoms with E-state index in [2.05, 4.69) is 217 Å². The van der Waals surface area contributed by atoms with Gasteiger partial charge in [0.1, 0.15) is 17.7 Å². The second-order valence-electron chi connectivity index (χ2n) is 14.1. The highest BCUT2D eigenvalue weighted by Gasteiger charge is 2.46. The zero-order valence-electron chi connectivity index (χ0n) is 29.7. The monoisotopic (exact) mass is 694 g/mol. The first-order valence-electron chi connectivity index (χ1n) is 18.7. The fourth-order valence-corrected chi connectivity index (χ4v) is 8.65. The highest BCUT2D eigenvalue weighted by atomic mass is 16.5. The molecule has 0 saturated carbocycles. The maximum Gasteiger partial charge on any atom is 0.132 e. The third-order valence-electron chi connectivity index (χ3n) is 11.1. The summed E-state index contributed by atoms with van der Waals surface area (Å²) in [5, 5.41) is 7.61. The van der Waals surface area contributed by atoms with Gasteiger partial charge in [-0.1, -0.05) is 188 Å². The summed E-state index contributed by atoms with van der Waals surface area (Å²) in [7, 11) is 0. The van der Waals surface area contributed by atoms with Crippen LogP contribution in [0, 0.1) is 0 Å². The summed E-state index contributed by atoms with van der Waals surface area (Å²) in [5.74, 6) is 1.75. The molecule has 0 fully saturated rings. The number of fused-ring (bicyclic) bond motifs is 3. The standard InChI is InChI=1S/C51H38N2O/c1-4-16-37(17-5-1)50-52-45-27-12-10-24-43(45)49(53-50)39-19-14-18-38(34-39)35-30-32-36(33-31-35)42-25-15-29-47-48(42)51(40-20-6-2-7-21-40,41-22-8-3-9-23-41)44-26-11-13-28-46(44)54-47/h1-34,45,50,52-53H. The van der Waals surface area contributed by atoms with Gasteiger partial charge >= 0.3 is 0 Å². The van der Waals surface area contributed by atoms with E-state index < -0.39 is 5.41 Å². The molecule has 258 valence electrons. The van der Waals surface area contributed by atoms with Crippen LogP contribution in [0.5, 0.6) is 11.5 Å². The highest BCUT2D eigenvalue weighted by molar-refractivity contribution is 5.83. The van der Waals surface area contributed by atoms with Crippen LogP contribution in [0.1, 0.15) is 39.5 Å². The molecule has 0 bridgehead atoms. The van der Waals surface area contributed by atoms with Crippen molar-refractivity contribution in [3.8, 4) is 33.8 Å². The van der Waals surface area contributed by atoms with Crippen molar-refractivity contribution in [2.75, 3.05) is 0 Å². The maximum atomic E-state index is 6.75. The molecule has 0 amide bonds. The summed E-state index contributed by atoms with van der Waals surface area (Å²) < 4.78 is 6.75. The predicted molar refractivity (Wildman–Crippen MR) is 220 cm³/mol. The molecule has 2 unspecified atom stereocenters. The molecule has 10 rings (SSSR count). The molecule has 2 aliphatic heterocycles. The van der Waals surface area contributed by atoms with Gasteiger partial charge in [-0.05, 0) is 68.3 Å². The second kappa shape index (κ2) is 13.4. The number of hydrogen-bond donors (Lipinski definition) is 2. The predicted octanol–water partition coefficient (Wildman–Crippen LogP) is 11.6. The van der Waals surface area contributed by atoms with Crippen molar-refractivity contribution in [3.05, 3.63) is 245 Å². The van der Waals surface area contributed by atoms with Gasteiger partial charge in [0.15, 0.2) is 0 Å². The molecule has 3 heteroatoms. The molecule has 54 heavy (non-hydrogen) atoms. The third-order valence-corrected chi connectivity index (χ3v) is 11.1. The molecule has 3 aliphatic rings. The first-order valence-corrected chi connectivity index (χ1v) is 18.7. The minimum Gasteiger partial charge on any atom is -0.457 e. The Balaban J connectivity index is 1.07. The van der Waals surface area contributed by atoms with Crippen molar-refractivity contribution in [2.45, 2.75) is 17.6 Å². The number of benzene rings is 7. The van der Waals surface area contributed by atoms with Crippen LogP contribution in [-0.2, 0) is 5.41 Å². The van der Waals surface area contributed by atoms with Crippen LogP contribution in [0.4, 0.5) is 0 Å². The molecular weight excluding hydrogens is 657 g/mol. The van der Waals surface area contributed by atoms with E-state index >= 15 is 0 Å². The molecular formula is C51H38N2O. The molecule has 0 radical (unpaired) electrons. The Morgan fingerprint density at radius 3 is 1.89 bits per heavy atom. The number of nitrogens with one attached hydrogen (secondary N) is 2. The Labute approximate surface area is 316 Å². The highest BCUT2D eigenvalue weighted by Crippen LogP contribution is 2.57. The van der Waals surface area contributed by atoms with Gasteiger partial charge in [-0.2, -0.15) is 0 Å². The van der Waals surface area contributed by atoms with Gasteiger partial charge in [0.2, 0.25) is 0 Å². The average Bonchev–Trinajstić information content (AvgIpc) is 3.26. The molecule has 2 N–H and O–H groups in total. The Kier molecular flexibility index (Phi) is 7.93. The molecule has 2 atom stereocenters. The largest absolute Gasteiger partial charge is 0.457 e. The van der Waals surface area contributed by atoms with Crippen LogP contribution in [0.25, 0.3) is 28.0 Å². The van der Waals surface area contributed by atoms with Gasteiger partial charge in [-0.3, -0.25) is 5.32 Å². The van der Waals surface area contributed by atoms with Gasteiger partial charge in [-0.15, -0.1) is 0 Å². The van der Waals surface area contributed by atoms with E-state index in [-0.39, 0.29) is 12.2 Å². The third kappa shape index (κ3) is 5.32. The summed E-state index contributed by atoms with van der Waals surface area (Å²) in [6.45, 7) is 0. The minimum atomic E-state index is -0.592. The van der Waals surface area contributed by atoms with Crippen LogP contribution in [-0.4, -0.2) is 6.04 Å². The number of hydrogen-bond acceptors (Lipinski definition) is 3. The zero-order chi connectivity index (χ0) is 35.9. The van der Waals surface area contributed by atoms with Crippen molar-refractivity contribution in [2.24, 2.45) is 0 Å². The quantitative estimate of drug-likeness (QED) is 0.182. The number of rotatable bonds is 6. The van der Waals surface area contributed by atoms with E-state index in [9.17, 15) is 0 Å². The lowest BCUT2D eigenvalue weighted by Crippen LogP contribution is -2.45. The number of allylic oxidation sites excluding steroid dienone is 2. The van der Waals surface area contributed by atoms with Crippen molar-refractivity contribution in [1.29, 1.82) is 0 Å². The lowest BCUT2D eigenvalue weighted by atomic mass is 9.62. The molecule has 7 aromatic carbocycles. The van der Waals surface area contributed by atoms with Crippen molar-refractivity contribution in [1.82, 2.24) is 10.6 Å². The molecule has 1 aliphatic carbocycles. The average molecular weight is 695 g/mol. The van der Waals surface area contributed by atoms with E-state index in [1.807, 2.05) is 0 Å². The van der Waals surface area contributed by atoms with Crippen molar-refractivity contribution >= 4 is 5.70 Å².